The fraction of sp³-hybridized carbons (Fsp3) is 0. The van der Waals surface area contributed by atoms with E-state index in [0.717, 1.165) is 5.56 Å². The summed E-state index contributed by atoms with van der Waals surface area (Å²) >= 11 is 6.10. The second-order valence-corrected chi connectivity index (χ2v) is 8.97. The summed E-state index contributed by atoms with van der Waals surface area (Å²) in [5, 5.41) is 14.6. The number of hydrogen-bond acceptors (Lipinski definition) is 7. The number of nitrogens with two attached hydrogens (primary N) is 1. The molecule has 0 aliphatic heterocycles. The topological polar surface area (TPSA) is 142 Å². The Kier molecular flexibility index (Phi) is 5.85. The van der Waals surface area contributed by atoms with Gasteiger partial charge in [-0.25, -0.2) is 24.4 Å². The van der Waals surface area contributed by atoms with Crippen molar-refractivity contribution in [1.82, 2.24) is 29.3 Å². The SMILES string of the molecule is Nc1nccc(-c2ccc(-c3nc4c(c(C(=O)O)nn4-c4ccccc4)c(=O)n3-c3ccc(Cl)cc3)cc2)n1. The maximum atomic E-state index is 14.0. The Morgan fingerprint density at radius 2 is 1.54 bits per heavy atom. The van der Waals surface area contributed by atoms with E-state index in [1.807, 2.05) is 18.2 Å². The van der Waals surface area contributed by atoms with Crippen molar-refractivity contribution < 1.29 is 9.90 Å². The molecule has 10 nitrogen and oxygen atoms in total. The van der Waals surface area contributed by atoms with E-state index in [9.17, 15) is 14.7 Å². The predicted octanol–water partition coefficient (Wildman–Crippen LogP) is 4.63. The maximum Gasteiger partial charge on any atom is 0.357 e. The summed E-state index contributed by atoms with van der Waals surface area (Å²) in [5.74, 6) is -0.890. The number of fused-ring (bicyclic) bond motifs is 1. The van der Waals surface area contributed by atoms with E-state index in [-0.39, 0.29) is 22.8 Å². The van der Waals surface area contributed by atoms with Gasteiger partial charge in [0, 0.05) is 22.3 Å². The molecule has 6 aromatic rings. The summed E-state index contributed by atoms with van der Waals surface area (Å²) in [6, 6.07) is 24.5. The van der Waals surface area contributed by atoms with Crippen LogP contribution in [0.25, 0.3) is 45.1 Å². The van der Waals surface area contributed by atoms with E-state index in [2.05, 4.69) is 15.1 Å². The first-order valence-electron chi connectivity index (χ1n) is 11.7. The third-order valence-electron chi connectivity index (χ3n) is 6.10. The molecule has 0 amide bonds. The standard InChI is InChI=1S/C28H18ClN7O3/c29-18-10-12-19(13-11-18)35-24(17-8-6-16(7-9-17)21-14-15-31-28(30)32-21)33-25-22(26(35)37)23(27(38)39)34-36(25)20-4-2-1-3-5-20/h1-15H,(H,38,39)(H2,30,31,32). The van der Waals surface area contributed by atoms with E-state index in [0.29, 0.717) is 27.7 Å². The molecule has 3 heterocycles. The molecular formula is C28H18ClN7O3. The lowest BCUT2D eigenvalue weighted by Crippen LogP contribution is -2.23. The number of benzene rings is 3. The number of hydrogen-bond donors (Lipinski definition) is 2. The summed E-state index contributed by atoms with van der Waals surface area (Å²) in [6.45, 7) is 0. The normalized spacial score (nSPS) is 11.1. The number of nitrogen functional groups attached to an aromatic ring is 1. The molecule has 3 N–H and O–H groups in total. The van der Waals surface area contributed by atoms with Crippen molar-refractivity contribution in [3.05, 3.63) is 112 Å². The molecule has 0 spiro atoms. The number of carboxylic acid groups (broad SMARTS) is 1. The van der Waals surface area contributed by atoms with Gasteiger partial charge in [-0.3, -0.25) is 9.36 Å². The highest BCUT2D eigenvalue weighted by atomic mass is 35.5. The van der Waals surface area contributed by atoms with Crippen LogP contribution < -0.4 is 11.3 Å². The van der Waals surface area contributed by atoms with E-state index in [1.165, 1.54) is 9.25 Å². The number of anilines is 1. The smallest absolute Gasteiger partial charge is 0.357 e. The number of aromatic nitrogens is 6. The Morgan fingerprint density at radius 1 is 0.846 bits per heavy atom. The lowest BCUT2D eigenvalue weighted by molar-refractivity contribution is 0.0692. The molecule has 6 rings (SSSR count). The number of rotatable bonds is 5. The van der Waals surface area contributed by atoms with Gasteiger partial charge < -0.3 is 10.8 Å². The summed E-state index contributed by atoms with van der Waals surface area (Å²) in [5.41, 5.74) is 7.95. The Balaban J connectivity index is 1.64. The fourth-order valence-corrected chi connectivity index (χ4v) is 4.44. The third-order valence-corrected chi connectivity index (χ3v) is 6.35. The van der Waals surface area contributed by atoms with Crippen LogP contribution in [0.4, 0.5) is 5.95 Å². The summed E-state index contributed by atoms with van der Waals surface area (Å²) < 4.78 is 2.73. The first kappa shape index (κ1) is 24.0. The van der Waals surface area contributed by atoms with Crippen LogP contribution >= 0.6 is 11.6 Å². The summed E-state index contributed by atoms with van der Waals surface area (Å²) in [4.78, 5) is 39.2. The van der Waals surface area contributed by atoms with Gasteiger partial charge >= 0.3 is 5.97 Å². The summed E-state index contributed by atoms with van der Waals surface area (Å²) in [7, 11) is 0. The van der Waals surface area contributed by atoms with Crippen LogP contribution in [0.2, 0.25) is 5.02 Å². The van der Waals surface area contributed by atoms with Gasteiger partial charge in [0.25, 0.3) is 5.56 Å². The number of aromatic carboxylic acids is 1. The van der Waals surface area contributed by atoms with Crippen molar-refractivity contribution in [3.63, 3.8) is 0 Å². The highest BCUT2D eigenvalue weighted by Gasteiger charge is 2.26. The monoisotopic (exact) mass is 535 g/mol. The van der Waals surface area contributed by atoms with Gasteiger partial charge in [0.15, 0.2) is 11.3 Å². The number of carboxylic acids is 1. The average molecular weight is 536 g/mol. The van der Waals surface area contributed by atoms with E-state index < -0.39 is 17.2 Å². The van der Waals surface area contributed by atoms with Gasteiger partial charge in [-0.15, -0.1) is 0 Å². The molecule has 0 saturated heterocycles. The Hall–Kier alpha value is -5.35. The van der Waals surface area contributed by atoms with Crippen LogP contribution in [0.1, 0.15) is 10.5 Å². The highest BCUT2D eigenvalue weighted by Crippen LogP contribution is 2.28. The lowest BCUT2D eigenvalue weighted by atomic mass is 10.1. The van der Waals surface area contributed by atoms with Crippen molar-refractivity contribution in [2.45, 2.75) is 0 Å². The van der Waals surface area contributed by atoms with Crippen molar-refractivity contribution in [2.24, 2.45) is 0 Å². The number of nitrogens with zero attached hydrogens (tertiary/aromatic N) is 6. The lowest BCUT2D eigenvalue weighted by Gasteiger charge is -2.14. The molecule has 0 aliphatic carbocycles. The molecule has 0 saturated carbocycles. The molecule has 3 aromatic heterocycles. The second-order valence-electron chi connectivity index (χ2n) is 8.53. The van der Waals surface area contributed by atoms with Gasteiger partial charge in [0.2, 0.25) is 5.95 Å². The molecule has 0 aliphatic rings. The maximum absolute atomic E-state index is 14.0. The van der Waals surface area contributed by atoms with Crippen LogP contribution in [-0.2, 0) is 0 Å². The number of para-hydroxylation sites is 1. The number of halogens is 1. The van der Waals surface area contributed by atoms with Crippen LogP contribution in [0, 0.1) is 0 Å². The molecule has 0 atom stereocenters. The van der Waals surface area contributed by atoms with Gasteiger partial charge in [0.1, 0.15) is 11.2 Å². The summed E-state index contributed by atoms with van der Waals surface area (Å²) in [6.07, 6.45) is 1.57. The van der Waals surface area contributed by atoms with Gasteiger partial charge in [0.05, 0.1) is 17.1 Å². The van der Waals surface area contributed by atoms with Crippen molar-refractivity contribution >= 4 is 34.6 Å². The highest BCUT2D eigenvalue weighted by molar-refractivity contribution is 6.30. The fourth-order valence-electron chi connectivity index (χ4n) is 4.31. The van der Waals surface area contributed by atoms with E-state index in [1.54, 1.807) is 72.9 Å². The van der Waals surface area contributed by atoms with E-state index >= 15 is 0 Å². The Labute approximate surface area is 225 Å². The van der Waals surface area contributed by atoms with Gasteiger partial charge in [-0.05, 0) is 42.5 Å². The minimum absolute atomic E-state index is 0.113. The molecule has 190 valence electrons. The zero-order chi connectivity index (χ0) is 27.1. The molecule has 0 radical (unpaired) electrons. The van der Waals surface area contributed by atoms with Crippen molar-refractivity contribution in [1.29, 1.82) is 0 Å². The van der Waals surface area contributed by atoms with E-state index in [4.69, 9.17) is 22.3 Å². The van der Waals surface area contributed by atoms with Crippen LogP contribution in [0.3, 0.4) is 0 Å². The van der Waals surface area contributed by atoms with Crippen molar-refractivity contribution in [2.75, 3.05) is 5.73 Å². The molecule has 0 unspecified atom stereocenters. The molecule has 0 bridgehead atoms. The minimum atomic E-state index is -1.34. The second kappa shape index (κ2) is 9.51. The largest absolute Gasteiger partial charge is 0.476 e. The molecular weight excluding hydrogens is 518 g/mol. The zero-order valence-electron chi connectivity index (χ0n) is 20.1. The number of carbonyl (C=O) groups is 1. The van der Waals surface area contributed by atoms with Crippen LogP contribution in [-0.4, -0.2) is 40.4 Å². The first-order chi connectivity index (χ1) is 18.9. The van der Waals surface area contributed by atoms with Crippen LogP contribution in [0.5, 0.6) is 0 Å². The molecule has 3 aromatic carbocycles. The Bertz CT molecular complexity index is 1920. The first-order valence-corrected chi connectivity index (χ1v) is 12.1. The average Bonchev–Trinajstić information content (AvgIpc) is 3.35. The minimum Gasteiger partial charge on any atom is -0.476 e. The quantitative estimate of drug-likeness (QED) is 0.325. The zero-order valence-corrected chi connectivity index (χ0v) is 20.8. The Morgan fingerprint density at radius 3 is 2.21 bits per heavy atom. The van der Waals surface area contributed by atoms with Crippen LogP contribution in [0.15, 0.2) is 95.9 Å². The van der Waals surface area contributed by atoms with Crippen molar-refractivity contribution in [3.8, 4) is 34.0 Å². The predicted molar refractivity (Wildman–Crippen MR) is 147 cm³/mol. The van der Waals surface area contributed by atoms with Gasteiger partial charge in [-0.1, -0.05) is 54.1 Å². The molecule has 0 fully saturated rings. The van der Waals surface area contributed by atoms with Gasteiger partial charge in [-0.2, -0.15) is 5.10 Å². The molecule has 11 heteroatoms. The third kappa shape index (κ3) is 4.28. The molecule has 39 heavy (non-hydrogen) atoms.